The molecule has 138 valence electrons. The predicted octanol–water partition coefficient (Wildman–Crippen LogP) is 3.55. The molecule has 0 saturated carbocycles. The monoisotopic (exact) mass is 370 g/mol. The van der Waals surface area contributed by atoms with Crippen LogP contribution in [0.4, 0.5) is 5.69 Å². The molecule has 1 N–H and O–H groups in total. The molecule has 5 heteroatoms. The highest BCUT2D eigenvalue weighted by Crippen LogP contribution is 2.27. The molecule has 0 spiro atoms. The minimum Gasteiger partial charge on any atom is -0.381 e. The molecule has 0 aliphatic carbocycles. The summed E-state index contributed by atoms with van der Waals surface area (Å²) in [5, 5.41) is 4.04. The summed E-state index contributed by atoms with van der Waals surface area (Å²) < 4.78 is 25.4. The molecular weight excluding hydrogens is 344 g/mol. The molecule has 1 heterocycles. The van der Waals surface area contributed by atoms with Crippen LogP contribution in [0, 0.1) is 5.92 Å². The number of piperidine rings is 1. The Balaban J connectivity index is 1.82. The van der Waals surface area contributed by atoms with Gasteiger partial charge in [0.2, 0.25) is 0 Å². The lowest BCUT2D eigenvalue weighted by molar-refractivity contribution is 0.167. The Morgan fingerprint density at radius 1 is 1.08 bits per heavy atom. The fourth-order valence-electron chi connectivity index (χ4n) is 3.69. The third kappa shape index (κ3) is 4.34. The van der Waals surface area contributed by atoms with Gasteiger partial charge < -0.3 is 5.32 Å². The van der Waals surface area contributed by atoms with Crippen molar-refractivity contribution in [1.29, 1.82) is 0 Å². The number of anilines is 1. The van der Waals surface area contributed by atoms with E-state index in [0.29, 0.717) is 6.54 Å². The van der Waals surface area contributed by atoms with Crippen molar-refractivity contribution >= 4 is 15.5 Å². The van der Waals surface area contributed by atoms with Gasteiger partial charge in [-0.05, 0) is 23.6 Å². The summed E-state index contributed by atoms with van der Waals surface area (Å²) in [4.78, 5) is 2.23. The summed E-state index contributed by atoms with van der Waals surface area (Å²) in [6.45, 7) is 7.77. The maximum Gasteiger partial charge on any atom is 0.177 e. The Hall–Kier alpha value is -2.11. The van der Waals surface area contributed by atoms with Crippen LogP contribution >= 0.6 is 0 Å². The van der Waals surface area contributed by atoms with E-state index in [0.717, 1.165) is 24.2 Å². The van der Waals surface area contributed by atoms with Gasteiger partial charge in [-0.3, -0.25) is 4.90 Å². The molecule has 4 nitrogen and oxygen atoms in total. The van der Waals surface area contributed by atoms with Crippen molar-refractivity contribution in [3.05, 3.63) is 78.2 Å². The number of hydrogen-bond donors (Lipinski definition) is 1. The van der Waals surface area contributed by atoms with Crippen LogP contribution in [-0.4, -0.2) is 37.7 Å². The zero-order chi connectivity index (χ0) is 18.6. The van der Waals surface area contributed by atoms with Gasteiger partial charge in [0.05, 0.1) is 5.25 Å². The first-order valence-electron chi connectivity index (χ1n) is 8.94. The highest BCUT2D eigenvalue weighted by atomic mass is 32.2. The van der Waals surface area contributed by atoms with Crippen molar-refractivity contribution in [2.24, 2.45) is 5.92 Å². The summed E-state index contributed by atoms with van der Waals surface area (Å²) in [5.74, 6) is 0.187. The molecule has 3 atom stereocenters. The van der Waals surface area contributed by atoms with Gasteiger partial charge in [-0.25, -0.2) is 8.42 Å². The maximum atomic E-state index is 12.7. The molecule has 0 radical (unpaired) electrons. The Kier molecular flexibility index (Phi) is 5.79. The lowest BCUT2D eigenvalue weighted by Gasteiger charge is -2.42. The van der Waals surface area contributed by atoms with E-state index in [4.69, 9.17) is 0 Å². The summed E-state index contributed by atoms with van der Waals surface area (Å²) in [6, 6.07) is 19.8. The molecule has 1 saturated heterocycles. The van der Waals surface area contributed by atoms with E-state index < -0.39 is 15.1 Å². The molecule has 3 rings (SSSR count). The second-order valence-corrected chi connectivity index (χ2v) is 9.10. The van der Waals surface area contributed by atoms with Gasteiger partial charge in [0.15, 0.2) is 9.84 Å². The first-order valence-corrected chi connectivity index (χ1v) is 10.5. The van der Waals surface area contributed by atoms with Gasteiger partial charge >= 0.3 is 0 Å². The van der Waals surface area contributed by atoms with Crippen LogP contribution in [0.1, 0.15) is 12.5 Å². The topological polar surface area (TPSA) is 49.4 Å². The van der Waals surface area contributed by atoms with Crippen molar-refractivity contribution in [1.82, 2.24) is 4.90 Å². The highest BCUT2D eigenvalue weighted by Gasteiger charge is 2.40. The van der Waals surface area contributed by atoms with Crippen LogP contribution < -0.4 is 5.32 Å². The second-order valence-electron chi connectivity index (χ2n) is 6.99. The summed E-state index contributed by atoms with van der Waals surface area (Å²) in [7, 11) is -3.39. The molecule has 0 bridgehead atoms. The Morgan fingerprint density at radius 2 is 1.69 bits per heavy atom. The third-order valence-corrected chi connectivity index (χ3v) is 6.76. The van der Waals surface area contributed by atoms with Gasteiger partial charge in [-0.1, -0.05) is 62.0 Å². The van der Waals surface area contributed by atoms with Crippen LogP contribution in [0.3, 0.4) is 0 Å². The number of para-hydroxylation sites is 1. The predicted molar refractivity (Wildman–Crippen MR) is 108 cm³/mol. The number of nitrogens with one attached hydrogen (secondary N) is 1. The summed E-state index contributed by atoms with van der Waals surface area (Å²) in [6.07, 6.45) is 0. The number of benzene rings is 2. The van der Waals surface area contributed by atoms with Gasteiger partial charge in [0.25, 0.3) is 0 Å². The Labute approximate surface area is 156 Å². The molecule has 0 aromatic heterocycles. The zero-order valence-corrected chi connectivity index (χ0v) is 15.9. The normalized spacial score (nSPS) is 24.1. The van der Waals surface area contributed by atoms with Crippen molar-refractivity contribution in [2.45, 2.75) is 24.8 Å². The van der Waals surface area contributed by atoms with Crippen molar-refractivity contribution in [3.8, 4) is 0 Å². The van der Waals surface area contributed by atoms with E-state index in [1.807, 2.05) is 48.5 Å². The number of sulfone groups is 1. The Bertz CT molecular complexity index is 822. The maximum absolute atomic E-state index is 12.7. The molecular formula is C21H26N2O2S. The number of hydrogen-bond acceptors (Lipinski definition) is 4. The molecule has 26 heavy (non-hydrogen) atoms. The molecule has 1 fully saturated rings. The quantitative estimate of drug-likeness (QED) is 0.845. The average Bonchev–Trinajstić information content (AvgIpc) is 2.65. The largest absolute Gasteiger partial charge is 0.381 e. The van der Waals surface area contributed by atoms with Gasteiger partial charge in [-0.15, -0.1) is 0 Å². The molecule has 0 amide bonds. The first-order chi connectivity index (χ1) is 12.5. The van der Waals surface area contributed by atoms with E-state index in [-0.39, 0.29) is 12.0 Å². The fourth-order valence-corrected chi connectivity index (χ4v) is 5.11. The minimum absolute atomic E-state index is 0.146. The molecule has 1 aliphatic rings. The van der Waals surface area contributed by atoms with E-state index in [1.54, 1.807) is 0 Å². The van der Waals surface area contributed by atoms with Crippen LogP contribution in [0.2, 0.25) is 0 Å². The molecule has 2 aromatic carbocycles. The van der Waals surface area contributed by atoms with Crippen LogP contribution in [-0.2, 0) is 16.4 Å². The van der Waals surface area contributed by atoms with Crippen LogP contribution in [0.5, 0.6) is 0 Å². The second kappa shape index (κ2) is 8.06. The van der Waals surface area contributed by atoms with Crippen molar-refractivity contribution in [2.75, 3.05) is 18.4 Å². The average molecular weight is 371 g/mol. The van der Waals surface area contributed by atoms with E-state index >= 15 is 0 Å². The lowest BCUT2D eigenvalue weighted by Crippen LogP contribution is -2.56. The number of likely N-dealkylation sites (tertiary alicyclic amines) is 1. The van der Waals surface area contributed by atoms with E-state index in [1.165, 1.54) is 5.56 Å². The molecule has 1 aliphatic heterocycles. The molecule has 3 unspecified atom stereocenters. The SMILES string of the molecule is C=CS(=O)(=O)C1CN(Cc2ccccc2)CC(C)C1Nc1ccccc1. The first kappa shape index (κ1) is 18.7. The molecule has 2 aromatic rings. The van der Waals surface area contributed by atoms with Gasteiger partial charge in [0.1, 0.15) is 0 Å². The third-order valence-electron chi connectivity index (χ3n) is 5.01. The van der Waals surface area contributed by atoms with Crippen LogP contribution in [0.25, 0.3) is 0 Å². The van der Waals surface area contributed by atoms with Crippen LogP contribution in [0.15, 0.2) is 72.7 Å². The summed E-state index contributed by atoms with van der Waals surface area (Å²) >= 11 is 0. The minimum atomic E-state index is -3.39. The zero-order valence-electron chi connectivity index (χ0n) is 15.1. The highest BCUT2D eigenvalue weighted by molar-refractivity contribution is 7.94. The van der Waals surface area contributed by atoms with Gasteiger partial charge in [0, 0.05) is 36.8 Å². The van der Waals surface area contributed by atoms with Crippen molar-refractivity contribution in [3.63, 3.8) is 0 Å². The summed E-state index contributed by atoms with van der Waals surface area (Å²) in [5.41, 5.74) is 2.15. The van der Waals surface area contributed by atoms with E-state index in [9.17, 15) is 8.42 Å². The smallest absolute Gasteiger partial charge is 0.177 e. The lowest BCUT2D eigenvalue weighted by atomic mass is 9.92. The number of rotatable bonds is 6. The number of nitrogens with zero attached hydrogens (tertiary/aromatic N) is 1. The van der Waals surface area contributed by atoms with Gasteiger partial charge in [-0.2, -0.15) is 0 Å². The fraction of sp³-hybridized carbons (Fsp3) is 0.333. The van der Waals surface area contributed by atoms with E-state index in [2.05, 4.69) is 35.9 Å². The Morgan fingerprint density at radius 3 is 2.31 bits per heavy atom. The van der Waals surface area contributed by atoms with Crippen molar-refractivity contribution < 1.29 is 8.42 Å². The standard InChI is InChI=1S/C21H26N2O2S/c1-3-26(24,25)20-16-23(15-18-10-6-4-7-11-18)14-17(2)21(20)22-19-12-8-5-9-13-19/h3-13,17,20-22H,1,14-16H2,2H3.